The predicted molar refractivity (Wildman–Crippen MR) is 125 cm³/mol. The SMILES string of the molecule is COCCCN1C(=O)c2ccc(C(=O)Nc3c4c(nc5ccccc35)CCCC4)cc2C1=O. The second-order valence-electron chi connectivity index (χ2n) is 8.46. The minimum absolute atomic E-state index is 0.270. The zero-order valence-corrected chi connectivity index (χ0v) is 18.5. The van der Waals surface area contributed by atoms with E-state index in [1.54, 1.807) is 19.2 Å². The Morgan fingerprint density at radius 2 is 1.85 bits per heavy atom. The maximum atomic E-state index is 13.3. The van der Waals surface area contributed by atoms with Gasteiger partial charge in [0, 0.05) is 36.9 Å². The number of hydrogen-bond acceptors (Lipinski definition) is 5. The summed E-state index contributed by atoms with van der Waals surface area (Å²) in [6, 6.07) is 12.5. The number of amides is 3. The molecule has 0 atom stereocenters. The first-order valence-electron chi connectivity index (χ1n) is 11.3. The highest BCUT2D eigenvalue weighted by Gasteiger charge is 2.35. The van der Waals surface area contributed by atoms with E-state index >= 15 is 0 Å². The van der Waals surface area contributed by atoms with E-state index in [-0.39, 0.29) is 29.8 Å². The number of methoxy groups -OCH3 is 1. The Hall–Kier alpha value is -3.58. The highest BCUT2D eigenvalue weighted by atomic mass is 16.5. The Bertz CT molecular complexity index is 1280. The third-order valence-electron chi connectivity index (χ3n) is 6.37. The molecule has 1 aromatic heterocycles. The van der Waals surface area contributed by atoms with Crippen LogP contribution in [-0.2, 0) is 17.6 Å². The number of nitrogens with zero attached hydrogens (tertiary/aromatic N) is 2. The van der Waals surface area contributed by atoms with Gasteiger partial charge in [0.1, 0.15) is 0 Å². The number of fused-ring (bicyclic) bond motifs is 3. The third-order valence-corrected chi connectivity index (χ3v) is 6.37. The molecule has 7 heteroatoms. The summed E-state index contributed by atoms with van der Waals surface area (Å²) in [7, 11) is 1.58. The molecule has 0 saturated heterocycles. The van der Waals surface area contributed by atoms with Crippen LogP contribution >= 0.6 is 0 Å². The number of aryl methyl sites for hydroxylation is 1. The first kappa shape index (κ1) is 21.3. The number of aromatic nitrogens is 1. The van der Waals surface area contributed by atoms with Gasteiger partial charge in [-0.15, -0.1) is 0 Å². The van der Waals surface area contributed by atoms with Gasteiger partial charge in [-0.25, -0.2) is 0 Å². The van der Waals surface area contributed by atoms with Crippen LogP contribution in [0.3, 0.4) is 0 Å². The van der Waals surface area contributed by atoms with Gasteiger partial charge >= 0.3 is 0 Å². The molecule has 7 nitrogen and oxygen atoms in total. The number of nitrogens with one attached hydrogen (secondary N) is 1. The van der Waals surface area contributed by atoms with Gasteiger partial charge in [-0.2, -0.15) is 0 Å². The van der Waals surface area contributed by atoms with Crippen molar-refractivity contribution in [3.63, 3.8) is 0 Å². The summed E-state index contributed by atoms with van der Waals surface area (Å²) >= 11 is 0. The Kier molecular flexibility index (Phi) is 5.64. The fourth-order valence-corrected chi connectivity index (χ4v) is 4.70. The summed E-state index contributed by atoms with van der Waals surface area (Å²) < 4.78 is 5.02. The normalized spacial score (nSPS) is 15.0. The first-order valence-corrected chi connectivity index (χ1v) is 11.3. The van der Waals surface area contributed by atoms with E-state index in [0.717, 1.165) is 53.5 Å². The Labute approximate surface area is 191 Å². The number of benzene rings is 2. The Morgan fingerprint density at radius 3 is 2.70 bits per heavy atom. The number of imide groups is 1. The van der Waals surface area contributed by atoms with Crippen molar-refractivity contribution >= 4 is 34.3 Å². The minimum atomic E-state index is -0.368. The quantitative estimate of drug-likeness (QED) is 0.460. The smallest absolute Gasteiger partial charge is 0.261 e. The van der Waals surface area contributed by atoms with Crippen LogP contribution in [0.2, 0.25) is 0 Å². The summed E-state index contributed by atoms with van der Waals surface area (Å²) in [4.78, 5) is 44.8. The molecule has 2 heterocycles. The summed E-state index contributed by atoms with van der Waals surface area (Å²) in [6.45, 7) is 0.752. The molecule has 1 aliphatic heterocycles. The summed E-state index contributed by atoms with van der Waals surface area (Å²) in [6.07, 6.45) is 4.49. The van der Waals surface area contributed by atoms with Gasteiger partial charge in [0.25, 0.3) is 17.7 Å². The van der Waals surface area contributed by atoms with Crippen LogP contribution in [0.15, 0.2) is 42.5 Å². The monoisotopic (exact) mass is 443 g/mol. The average molecular weight is 444 g/mol. The van der Waals surface area contributed by atoms with Gasteiger partial charge in [0.05, 0.1) is 22.3 Å². The Morgan fingerprint density at radius 1 is 1.06 bits per heavy atom. The van der Waals surface area contributed by atoms with Gasteiger partial charge in [0.2, 0.25) is 0 Å². The van der Waals surface area contributed by atoms with Crippen molar-refractivity contribution in [2.24, 2.45) is 0 Å². The van der Waals surface area contributed by atoms with Crippen molar-refractivity contribution < 1.29 is 19.1 Å². The molecule has 168 valence electrons. The molecule has 1 aliphatic carbocycles. The molecular formula is C26H25N3O4. The van der Waals surface area contributed by atoms with Crippen molar-refractivity contribution in [1.29, 1.82) is 0 Å². The van der Waals surface area contributed by atoms with E-state index in [1.165, 1.54) is 11.0 Å². The van der Waals surface area contributed by atoms with Crippen molar-refractivity contribution in [2.45, 2.75) is 32.1 Å². The van der Waals surface area contributed by atoms with Crippen LogP contribution in [0.1, 0.15) is 61.6 Å². The molecule has 0 bridgehead atoms. The number of anilines is 1. The fourth-order valence-electron chi connectivity index (χ4n) is 4.70. The lowest BCUT2D eigenvalue weighted by Crippen LogP contribution is -2.31. The molecule has 0 fully saturated rings. The third kappa shape index (κ3) is 3.78. The van der Waals surface area contributed by atoms with E-state index in [2.05, 4.69) is 5.32 Å². The van der Waals surface area contributed by atoms with Gasteiger partial charge in [-0.3, -0.25) is 24.3 Å². The molecule has 2 aliphatic rings. The number of ether oxygens (including phenoxy) is 1. The molecule has 0 spiro atoms. The zero-order valence-electron chi connectivity index (χ0n) is 18.5. The maximum absolute atomic E-state index is 13.3. The zero-order chi connectivity index (χ0) is 22.9. The largest absolute Gasteiger partial charge is 0.385 e. The molecule has 5 rings (SSSR count). The van der Waals surface area contributed by atoms with E-state index in [1.807, 2.05) is 24.3 Å². The van der Waals surface area contributed by atoms with E-state index in [4.69, 9.17) is 9.72 Å². The highest BCUT2D eigenvalue weighted by Crippen LogP contribution is 2.34. The minimum Gasteiger partial charge on any atom is -0.385 e. The van der Waals surface area contributed by atoms with Crippen LogP contribution in [0.5, 0.6) is 0 Å². The van der Waals surface area contributed by atoms with Crippen molar-refractivity contribution in [3.8, 4) is 0 Å². The summed E-state index contributed by atoms with van der Waals surface area (Å²) in [5, 5.41) is 4.00. The molecule has 3 aromatic rings. The summed E-state index contributed by atoms with van der Waals surface area (Å²) in [5.74, 6) is -1.00. The molecule has 3 amide bonds. The fraction of sp³-hybridized carbons (Fsp3) is 0.308. The van der Waals surface area contributed by atoms with Gasteiger partial charge in [-0.05, 0) is 61.9 Å². The van der Waals surface area contributed by atoms with Crippen molar-refractivity contribution in [3.05, 3.63) is 70.4 Å². The lowest BCUT2D eigenvalue weighted by Gasteiger charge is -2.21. The number of carbonyl (C=O) groups is 3. The van der Waals surface area contributed by atoms with Crippen LogP contribution in [0.4, 0.5) is 5.69 Å². The standard InChI is InChI=1S/C26H25N3O4/c1-33-14-6-13-29-25(31)17-12-11-16(15-20(17)26(29)32)24(30)28-23-18-7-2-4-9-21(18)27-22-10-5-3-8-19(22)23/h2,4,7,9,11-12,15H,3,5-6,8,10,13-14H2,1H3,(H,27,28,30). The number of carbonyl (C=O) groups excluding carboxylic acids is 3. The Balaban J connectivity index is 1.46. The molecule has 1 N–H and O–H groups in total. The molecular weight excluding hydrogens is 418 g/mol. The van der Waals surface area contributed by atoms with Crippen LogP contribution in [0.25, 0.3) is 10.9 Å². The van der Waals surface area contributed by atoms with E-state index < -0.39 is 0 Å². The van der Waals surface area contributed by atoms with Crippen molar-refractivity contribution in [2.75, 3.05) is 25.6 Å². The van der Waals surface area contributed by atoms with Gasteiger partial charge < -0.3 is 10.1 Å². The first-order chi connectivity index (χ1) is 16.1. The topological polar surface area (TPSA) is 88.6 Å². The van der Waals surface area contributed by atoms with Gasteiger partial charge in [-0.1, -0.05) is 18.2 Å². The molecule has 0 saturated carbocycles. The molecule has 0 unspecified atom stereocenters. The van der Waals surface area contributed by atoms with E-state index in [9.17, 15) is 14.4 Å². The number of para-hydroxylation sites is 1. The maximum Gasteiger partial charge on any atom is 0.261 e. The second-order valence-corrected chi connectivity index (χ2v) is 8.46. The van der Waals surface area contributed by atoms with E-state index in [0.29, 0.717) is 24.2 Å². The summed E-state index contributed by atoms with van der Waals surface area (Å²) in [5.41, 5.74) is 4.73. The highest BCUT2D eigenvalue weighted by molar-refractivity contribution is 6.22. The van der Waals surface area contributed by atoms with Crippen LogP contribution in [-0.4, -0.2) is 47.9 Å². The van der Waals surface area contributed by atoms with Gasteiger partial charge in [0.15, 0.2) is 0 Å². The molecule has 2 aromatic carbocycles. The number of rotatable bonds is 6. The predicted octanol–water partition coefficient (Wildman–Crippen LogP) is 4.00. The molecule has 33 heavy (non-hydrogen) atoms. The van der Waals surface area contributed by atoms with Crippen LogP contribution in [0, 0.1) is 0 Å². The lowest BCUT2D eigenvalue weighted by molar-refractivity contribution is 0.0638. The lowest BCUT2D eigenvalue weighted by atomic mass is 9.92. The van der Waals surface area contributed by atoms with Crippen molar-refractivity contribution in [1.82, 2.24) is 9.88 Å². The molecule has 0 radical (unpaired) electrons. The number of hydrogen-bond donors (Lipinski definition) is 1. The number of pyridine rings is 1. The second kappa shape index (κ2) is 8.75. The van der Waals surface area contributed by atoms with Crippen LogP contribution < -0.4 is 5.32 Å². The average Bonchev–Trinajstić information content (AvgIpc) is 3.08.